The summed E-state index contributed by atoms with van der Waals surface area (Å²) in [6.07, 6.45) is 3.73. The maximum absolute atomic E-state index is 9.95. The lowest BCUT2D eigenvalue weighted by Crippen LogP contribution is -1.95. The molecule has 68 heavy (non-hydrogen) atoms. The highest BCUT2D eigenvalue weighted by Gasteiger charge is 2.22. The molecular weight excluding hydrogens is 829 g/mol. The fraction of sp³-hybridized carbons (Fsp3) is 0. The lowest BCUT2D eigenvalue weighted by molar-refractivity contribution is 1.18. The molecule has 0 radical (unpaired) electrons. The predicted octanol–water partition coefficient (Wildman–Crippen LogP) is 15.4. The van der Waals surface area contributed by atoms with Crippen LogP contribution in [0.2, 0.25) is 0 Å². The summed E-state index contributed by atoms with van der Waals surface area (Å²) in [5.74, 6) is 0. The summed E-state index contributed by atoms with van der Waals surface area (Å²) in [7, 11) is 0. The minimum absolute atomic E-state index is 0.628. The summed E-state index contributed by atoms with van der Waals surface area (Å²) in [6.45, 7) is 0. The SMILES string of the molecule is N#Cc1ccc2c(c1)c1cc(-c3ccc4c(-c5ccccn5)c5cc(-c6ccc7c(c6)c6cc(C#N)ccc6n7-c6ccccc6)ccc5c(-c5ccccn5)c4c3)ccc1n2-c1ccccc1. The number of nitriles is 2. The molecular formula is C62H36N6. The fourth-order valence-electron chi connectivity index (χ4n) is 10.4. The number of para-hydroxylation sites is 2. The van der Waals surface area contributed by atoms with Gasteiger partial charge in [0.2, 0.25) is 0 Å². The van der Waals surface area contributed by atoms with Crippen LogP contribution in [0.25, 0.3) is 121 Å². The Balaban J connectivity index is 1.05. The van der Waals surface area contributed by atoms with Gasteiger partial charge in [-0.3, -0.25) is 9.97 Å². The van der Waals surface area contributed by atoms with Crippen molar-refractivity contribution >= 4 is 65.2 Å². The number of nitrogens with zero attached hydrogens (tertiary/aromatic N) is 6. The number of hydrogen-bond acceptors (Lipinski definition) is 4. The Hall–Kier alpha value is -9.62. The van der Waals surface area contributed by atoms with Gasteiger partial charge in [0, 0.05) is 56.4 Å². The number of fused-ring (bicyclic) bond motifs is 8. The van der Waals surface area contributed by atoms with E-state index in [1.54, 1.807) is 0 Å². The molecule has 0 amide bonds. The molecule has 4 aromatic heterocycles. The summed E-state index contributed by atoms with van der Waals surface area (Å²) >= 11 is 0. The van der Waals surface area contributed by atoms with E-state index in [1.807, 2.05) is 60.9 Å². The van der Waals surface area contributed by atoms with E-state index >= 15 is 0 Å². The average molecular weight is 865 g/mol. The molecule has 0 aliphatic rings. The van der Waals surface area contributed by atoms with Crippen molar-refractivity contribution in [2.24, 2.45) is 0 Å². The zero-order valence-corrected chi connectivity index (χ0v) is 36.5. The van der Waals surface area contributed by atoms with Crippen LogP contribution in [-0.2, 0) is 0 Å². The number of rotatable bonds is 6. The number of benzene rings is 9. The summed E-state index contributed by atoms with van der Waals surface area (Å²) in [5.41, 5.74) is 15.8. The monoisotopic (exact) mass is 864 g/mol. The zero-order valence-electron chi connectivity index (χ0n) is 36.5. The van der Waals surface area contributed by atoms with Crippen LogP contribution in [0.4, 0.5) is 0 Å². The quantitative estimate of drug-likeness (QED) is 0.156. The first kappa shape index (κ1) is 38.8. The van der Waals surface area contributed by atoms with E-state index in [0.717, 1.165) is 121 Å². The molecule has 0 unspecified atom stereocenters. The molecule has 0 atom stereocenters. The Labute approximate surface area is 391 Å². The van der Waals surface area contributed by atoms with Gasteiger partial charge in [-0.15, -0.1) is 0 Å². The highest BCUT2D eigenvalue weighted by Crippen LogP contribution is 2.46. The Kier molecular flexibility index (Phi) is 8.86. The first-order chi connectivity index (χ1) is 33.6. The summed E-state index contributed by atoms with van der Waals surface area (Å²) in [4.78, 5) is 9.98. The van der Waals surface area contributed by atoms with Gasteiger partial charge in [0.15, 0.2) is 0 Å². The molecule has 13 aromatic rings. The molecule has 0 saturated carbocycles. The van der Waals surface area contributed by atoms with Crippen molar-refractivity contribution in [3.05, 3.63) is 230 Å². The van der Waals surface area contributed by atoms with E-state index in [4.69, 9.17) is 9.97 Å². The third-order valence-corrected chi connectivity index (χ3v) is 13.4. The first-order valence-electron chi connectivity index (χ1n) is 22.6. The van der Waals surface area contributed by atoms with Gasteiger partial charge in [-0.05, 0) is 165 Å². The maximum atomic E-state index is 9.95. The molecule has 0 aliphatic carbocycles. The Morgan fingerprint density at radius 3 is 1.04 bits per heavy atom. The molecule has 6 heteroatoms. The van der Waals surface area contributed by atoms with Crippen LogP contribution in [-0.4, -0.2) is 19.1 Å². The van der Waals surface area contributed by atoms with E-state index in [9.17, 15) is 10.5 Å². The average Bonchev–Trinajstić information content (AvgIpc) is 3.92. The summed E-state index contributed by atoms with van der Waals surface area (Å²) in [5, 5.41) is 28.4. The van der Waals surface area contributed by atoms with Crippen molar-refractivity contribution in [3.63, 3.8) is 0 Å². The van der Waals surface area contributed by atoms with Crippen molar-refractivity contribution < 1.29 is 0 Å². The first-order valence-corrected chi connectivity index (χ1v) is 22.6. The van der Waals surface area contributed by atoms with Crippen molar-refractivity contribution in [2.75, 3.05) is 0 Å². The lowest BCUT2D eigenvalue weighted by Gasteiger charge is -2.19. The van der Waals surface area contributed by atoms with Gasteiger partial charge in [0.25, 0.3) is 0 Å². The molecule has 0 N–H and O–H groups in total. The highest BCUT2D eigenvalue weighted by atomic mass is 15.0. The smallest absolute Gasteiger partial charge is 0.0991 e. The van der Waals surface area contributed by atoms with E-state index in [0.29, 0.717) is 11.1 Å². The van der Waals surface area contributed by atoms with Crippen LogP contribution in [0.5, 0.6) is 0 Å². The topological polar surface area (TPSA) is 83.2 Å². The molecule has 13 rings (SSSR count). The van der Waals surface area contributed by atoms with Gasteiger partial charge >= 0.3 is 0 Å². The van der Waals surface area contributed by atoms with Gasteiger partial charge in [-0.25, -0.2) is 0 Å². The number of pyridine rings is 2. The van der Waals surface area contributed by atoms with E-state index in [-0.39, 0.29) is 0 Å². The fourth-order valence-corrected chi connectivity index (χ4v) is 10.4. The highest BCUT2D eigenvalue weighted by molar-refractivity contribution is 6.22. The molecule has 0 saturated heterocycles. The van der Waals surface area contributed by atoms with E-state index in [2.05, 4.69) is 179 Å². The Morgan fingerprint density at radius 1 is 0.309 bits per heavy atom. The summed E-state index contributed by atoms with van der Waals surface area (Å²) < 4.78 is 4.56. The predicted molar refractivity (Wildman–Crippen MR) is 277 cm³/mol. The van der Waals surface area contributed by atoms with Crippen LogP contribution in [0.1, 0.15) is 11.1 Å². The van der Waals surface area contributed by atoms with E-state index < -0.39 is 0 Å². The minimum Gasteiger partial charge on any atom is -0.309 e. The molecule has 9 aromatic carbocycles. The minimum atomic E-state index is 0.628. The van der Waals surface area contributed by atoms with Gasteiger partial charge in [0.05, 0.1) is 56.7 Å². The molecule has 0 fully saturated rings. The van der Waals surface area contributed by atoms with Gasteiger partial charge in [-0.1, -0.05) is 84.9 Å². The van der Waals surface area contributed by atoms with Gasteiger partial charge in [0.1, 0.15) is 0 Å². The second kappa shape index (κ2) is 15.5. The molecule has 0 aliphatic heterocycles. The molecule has 0 spiro atoms. The van der Waals surface area contributed by atoms with Crippen molar-refractivity contribution in [2.45, 2.75) is 0 Å². The Bertz CT molecular complexity index is 3970. The van der Waals surface area contributed by atoms with E-state index in [1.165, 1.54) is 0 Å². The van der Waals surface area contributed by atoms with Crippen LogP contribution in [0, 0.1) is 22.7 Å². The standard InChI is InChI=1S/C62H36N6/c63-37-39-17-25-57-49(31-39)51-33-43(21-27-59(51)67(57)45-11-3-1-4-12-45)41-19-23-47-53(35-41)61(55-15-7-9-29-65-55)48-24-20-42(36-54(48)62(47)56-16-8-10-30-66-56)44-22-28-60-52(34-44)50-32-40(38-64)18-26-58(50)68(60)46-13-5-2-6-14-46/h1-36H. The zero-order chi connectivity index (χ0) is 45.3. The third kappa shape index (κ3) is 6.10. The molecule has 6 nitrogen and oxygen atoms in total. The number of aromatic nitrogens is 4. The third-order valence-electron chi connectivity index (χ3n) is 13.4. The van der Waals surface area contributed by atoms with Gasteiger partial charge in [-0.2, -0.15) is 10.5 Å². The molecule has 4 heterocycles. The number of hydrogen-bond donors (Lipinski definition) is 0. The van der Waals surface area contributed by atoms with Crippen LogP contribution in [0.15, 0.2) is 219 Å². The van der Waals surface area contributed by atoms with Crippen molar-refractivity contribution in [3.8, 4) is 68.3 Å². The van der Waals surface area contributed by atoms with Crippen LogP contribution in [0.3, 0.4) is 0 Å². The Morgan fingerprint density at radius 2 is 0.662 bits per heavy atom. The molecule has 0 bridgehead atoms. The van der Waals surface area contributed by atoms with Crippen LogP contribution < -0.4 is 0 Å². The van der Waals surface area contributed by atoms with Crippen molar-refractivity contribution in [1.29, 1.82) is 10.5 Å². The van der Waals surface area contributed by atoms with Crippen LogP contribution >= 0.6 is 0 Å². The maximum Gasteiger partial charge on any atom is 0.0991 e. The normalized spacial score (nSPS) is 11.5. The second-order valence-corrected chi connectivity index (χ2v) is 17.2. The van der Waals surface area contributed by atoms with Crippen molar-refractivity contribution in [1.82, 2.24) is 19.1 Å². The second-order valence-electron chi connectivity index (χ2n) is 17.2. The van der Waals surface area contributed by atoms with Gasteiger partial charge < -0.3 is 9.13 Å². The molecule has 314 valence electrons. The largest absolute Gasteiger partial charge is 0.309 e. The lowest BCUT2D eigenvalue weighted by atomic mass is 9.86. The summed E-state index contributed by atoms with van der Waals surface area (Å²) in [6, 6.07) is 76.5.